The van der Waals surface area contributed by atoms with Crippen molar-refractivity contribution in [2.45, 2.75) is 63.6 Å². The lowest BCUT2D eigenvalue weighted by Crippen LogP contribution is -2.54. The normalized spacial score (nSPS) is 14.9. The van der Waals surface area contributed by atoms with Crippen LogP contribution in [0.2, 0.25) is 0 Å². The Kier molecular flexibility index (Phi) is 8.44. The van der Waals surface area contributed by atoms with Crippen molar-refractivity contribution in [3.8, 4) is 0 Å². The molecule has 0 spiro atoms. The summed E-state index contributed by atoms with van der Waals surface area (Å²) >= 11 is 0. The summed E-state index contributed by atoms with van der Waals surface area (Å²) in [5.41, 5.74) is 2.29. The van der Waals surface area contributed by atoms with E-state index in [0.29, 0.717) is 0 Å². The summed E-state index contributed by atoms with van der Waals surface area (Å²) in [7, 11) is -4.06. The van der Waals surface area contributed by atoms with Gasteiger partial charge in [0.05, 0.1) is 5.56 Å². The molecule has 40 heavy (non-hydrogen) atoms. The molecule has 4 rings (SSSR count). The number of rotatable bonds is 9. The predicted octanol–water partition coefficient (Wildman–Crippen LogP) is 4.08. The fraction of sp³-hybridized carbons (Fsp3) is 0.323. The zero-order chi connectivity index (χ0) is 29.1. The van der Waals surface area contributed by atoms with Crippen LogP contribution in [0.5, 0.6) is 0 Å². The number of nitrogens with one attached hydrogen (secondary N) is 1. The highest BCUT2D eigenvalue weighted by molar-refractivity contribution is 7.90. The number of carbonyl (C=O) groups is 3. The first-order valence-electron chi connectivity index (χ1n) is 13.2. The average Bonchev–Trinajstić information content (AvgIpc) is 3.09. The Morgan fingerprint density at radius 3 is 2.23 bits per heavy atom. The summed E-state index contributed by atoms with van der Waals surface area (Å²) in [5.74, 6) is -1.39. The van der Waals surface area contributed by atoms with Crippen LogP contribution < -0.4 is 5.32 Å². The molecular weight excluding hydrogens is 526 g/mol. The quantitative estimate of drug-likeness (QED) is 0.424. The van der Waals surface area contributed by atoms with Crippen molar-refractivity contribution in [2.24, 2.45) is 0 Å². The fourth-order valence-electron chi connectivity index (χ4n) is 4.81. The van der Waals surface area contributed by atoms with E-state index in [4.69, 9.17) is 0 Å². The standard InChI is InChI=1S/C31H35N3O5S/c1-22-11-10-14-24(19-22)21-33(26(29(36)32-31(2,3)4)20-23-12-6-5-7-13-23)28(35)17-18-34-30(37)25-15-8-9-16-27(25)40(34,38)39/h5-16,19,26H,17-18,20-21H2,1-4H3,(H,32,36)/t26-/m0/s1. The minimum absolute atomic E-state index is 0.0597. The van der Waals surface area contributed by atoms with Crippen LogP contribution in [0.1, 0.15) is 54.2 Å². The van der Waals surface area contributed by atoms with Gasteiger partial charge in [-0.15, -0.1) is 0 Å². The van der Waals surface area contributed by atoms with Crippen molar-refractivity contribution in [2.75, 3.05) is 6.54 Å². The van der Waals surface area contributed by atoms with Gasteiger partial charge in [0.1, 0.15) is 10.9 Å². The van der Waals surface area contributed by atoms with Crippen LogP contribution >= 0.6 is 0 Å². The monoisotopic (exact) mass is 561 g/mol. The van der Waals surface area contributed by atoms with Gasteiger partial charge in [-0.1, -0.05) is 72.3 Å². The van der Waals surface area contributed by atoms with Crippen molar-refractivity contribution >= 4 is 27.7 Å². The summed E-state index contributed by atoms with van der Waals surface area (Å²) in [4.78, 5) is 41.9. The van der Waals surface area contributed by atoms with Gasteiger partial charge in [-0.3, -0.25) is 14.4 Å². The van der Waals surface area contributed by atoms with Gasteiger partial charge >= 0.3 is 0 Å². The summed E-state index contributed by atoms with van der Waals surface area (Å²) in [6.45, 7) is 7.40. The fourth-order valence-corrected chi connectivity index (χ4v) is 6.38. The average molecular weight is 562 g/mol. The van der Waals surface area contributed by atoms with Gasteiger partial charge in [-0.25, -0.2) is 12.7 Å². The van der Waals surface area contributed by atoms with Crippen LogP contribution in [-0.2, 0) is 32.6 Å². The molecule has 8 nitrogen and oxygen atoms in total. The summed E-state index contributed by atoms with van der Waals surface area (Å²) in [5, 5.41) is 3.01. The lowest BCUT2D eigenvalue weighted by Gasteiger charge is -2.34. The number of fused-ring (bicyclic) bond motifs is 1. The van der Waals surface area contributed by atoms with Gasteiger partial charge in [-0.2, -0.15) is 0 Å². The van der Waals surface area contributed by atoms with Crippen molar-refractivity contribution in [1.29, 1.82) is 0 Å². The van der Waals surface area contributed by atoms with E-state index in [1.165, 1.54) is 17.0 Å². The summed E-state index contributed by atoms with van der Waals surface area (Å²) < 4.78 is 26.9. The Bertz CT molecular complexity index is 1510. The van der Waals surface area contributed by atoms with E-state index < -0.39 is 33.4 Å². The van der Waals surface area contributed by atoms with Gasteiger partial charge in [0.2, 0.25) is 11.8 Å². The Morgan fingerprint density at radius 2 is 1.57 bits per heavy atom. The number of aryl methyl sites for hydroxylation is 1. The van der Waals surface area contributed by atoms with Gasteiger partial charge in [0, 0.05) is 31.5 Å². The molecule has 1 heterocycles. The van der Waals surface area contributed by atoms with Crippen molar-refractivity contribution in [3.63, 3.8) is 0 Å². The molecule has 0 aromatic heterocycles. The molecule has 0 saturated carbocycles. The summed E-state index contributed by atoms with van der Waals surface area (Å²) in [6.07, 6.45) is 0.00551. The van der Waals surface area contributed by atoms with Gasteiger partial charge in [0.25, 0.3) is 15.9 Å². The molecule has 0 fully saturated rings. The number of hydrogen-bond acceptors (Lipinski definition) is 5. The molecule has 0 radical (unpaired) electrons. The lowest BCUT2D eigenvalue weighted by molar-refractivity contribution is -0.142. The topological polar surface area (TPSA) is 104 Å². The number of nitrogens with zero attached hydrogens (tertiary/aromatic N) is 2. The van der Waals surface area contributed by atoms with E-state index in [1.54, 1.807) is 12.1 Å². The minimum Gasteiger partial charge on any atom is -0.350 e. The van der Waals surface area contributed by atoms with Gasteiger partial charge in [-0.05, 0) is 51.0 Å². The van der Waals surface area contributed by atoms with Crippen molar-refractivity contribution < 1.29 is 22.8 Å². The molecule has 1 atom stereocenters. The molecule has 9 heteroatoms. The first-order valence-corrected chi connectivity index (χ1v) is 14.7. The molecule has 1 N–H and O–H groups in total. The SMILES string of the molecule is Cc1cccc(CN(C(=O)CCN2C(=O)c3ccccc3S2(=O)=O)[C@@H](Cc2ccccc2)C(=O)NC(C)(C)C)c1. The molecule has 0 saturated heterocycles. The number of hydrogen-bond donors (Lipinski definition) is 1. The number of amides is 3. The second-order valence-corrected chi connectivity index (χ2v) is 12.9. The van der Waals surface area contributed by atoms with Crippen LogP contribution in [0.25, 0.3) is 0 Å². The third kappa shape index (κ3) is 6.59. The van der Waals surface area contributed by atoms with Crippen molar-refractivity contribution in [1.82, 2.24) is 14.5 Å². The zero-order valence-electron chi connectivity index (χ0n) is 23.3. The van der Waals surface area contributed by atoms with Crippen molar-refractivity contribution in [3.05, 3.63) is 101 Å². The molecule has 3 aromatic rings. The Morgan fingerprint density at radius 1 is 0.925 bits per heavy atom. The first kappa shape index (κ1) is 29.0. The Balaban J connectivity index is 1.65. The highest BCUT2D eigenvalue weighted by Crippen LogP contribution is 2.30. The Labute approximate surface area is 236 Å². The van der Waals surface area contributed by atoms with E-state index in [2.05, 4.69) is 5.32 Å². The van der Waals surface area contributed by atoms with Crippen LogP contribution in [0.3, 0.4) is 0 Å². The highest BCUT2D eigenvalue weighted by Gasteiger charge is 2.41. The largest absolute Gasteiger partial charge is 0.350 e. The first-order chi connectivity index (χ1) is 18.9. The molecule has 3 amide bonds. The van der Waals surface area contributed by atoms with Crippen LogP contribution in [0.4, 0.5) is 0 Å². The third-order valence-corrected chi connectivity index (χ3v) is 8.49. The minimum atomic E-state index is -4.06. The third-order valence-electron chi connectivity index (χ3n) is 6.65. The van der Waals surface area contributed by atoms with Crippen LogP contribution in [0.15, 0.2) is 83.8 Å². The highest BCUT2D eigenvalue weighted by atomic mass is 32.2. The predicted molar refractivity (Wildman–Crippen MR) is 153 cm³/mol. The maximum Gasteiger partial charge on any atom is 0.269 e. The second kappa shape index (κ2) is 11.6. The Hall–Kier alpha value is -3.98. The van der Waals surface area contributed by atoms with Gasteiger partial charge in [0.15, 0.2) is 0 Å². The molecule has 210 valence electrons. The molecule has 1 aliphatic rings. The second-order valence-electron chi connectivity index (χ2n) is 11.1. The van der Waals surface area contributed by atoms with Crippen LogP contribution in [0, 0.1) is 6.92 Å². The van der Waals surface area contributed by atoms with Crippen LogP contribution in [-0.4, -0.2) is 53.5 Å². The molecule has 0 unspecified atom stereocenters. The van der Waals surface area contributed by atoms with E-state index >= 15 is 0 Å². The maximum atomic E-state index is 13.9. The molecule has 1 aliphatic heterocycles. The van der Waals surface area contributed by atoms with E-state index in [0.717, 1.165) is 21.0 Å². The zero-order valence-corrected chi connectivity index (χ0v) is 24.1. The maximum absolute atomic E-state index is 13.9. The van der Waals surface area contributed by atoms with E-state index in [1.807, 2.05) is 82.3 Å². The summed E-state index contributed by atoms with van der Waals surface area (Å²) in [6, 6.07) is 22.3. The number of carbonyl (C=O) groups excluding carboxylic acids is 3. The molecular formula is C31H35N3O5S. The van der Waals surface area contributed by atoms with E-state index in [9.17, 15) is 22.8 Å². The number of benzene rings is 3. The van der Waals surface area contributed by atoms with E-state index in [-0.39, 0.29) is 42.3 Å². The van der Waals surface area contributed by atoms with Gasteiger partial charge < -0.3 is 10.2 Å². The molecule has 0 aliphatic carbocycles. The molecule has 0 bridgehead atoms. The molecule has 3 aromatic carbocycles. The number of sulfonamides is 1. The lowest BCUT2D eigenvalue weighted by atomic mass is 10.00. The smallest absolute Gasteiger partial charge is 0.269 e.